The summed E-state index contributed by atoms with van der Waals surface area (Å²) in [6, 6.07) is 0.165. The van der Waals surface area contributed by atoms with E-state index in [0.717, 1.165) is 6.42 Å². The predicted octanol–water partition coefficient (Wildman–Crippen LogP) is 1.33. The number of halogens is 1. The van der Waals surface area contributed by atoms with Gasteiger partial charge in [-0.1, -0.05) is 22.9 Å². The molecule has 2 unspecified atom stereocenters. The summed E-state index contributed by atoms with van der Waals surface area (Å²) in [6.45, 7) is 5.10. The third kappa shape index (κ3) is 10.2. The Balaban J connectivity index is 3.47. The van der Waals surface area contributed by atoms with Crippen molar-refractivity contribution in [2.75, 3.05) is 26.9 Å². The van der Waals surface area contributed by atoms with Crippen molar-refractivity contribution in [1.29, 1.82) is 0 Å². The van der Waals surface area contributed by atoms with Crippen LogP contribution in [0.2, 0.25) is 0 Å². The molecule has 0 aromatic rings. The Morgan fingerprint density at radius 2 is 2.07 bits per heavy atom. The van der Waals surface area contributed by atoms with E-state index in [1.165, 1.54) is 0 Å². The van der Waals surface area contributed by atoms with Gasteiger partial charge in [-0.05, 0) is 13.3 Å². The molecule has 0 radical (unpaired) electrons. The molecule has 5 heteroatoms. The first-order valence-corrected chi connectivity index (χ1v) is 5.98. The van der Waals surface area contributed by atoms with Gasteiger partial charge in [0.1, 0.15) is 6.61 Å². The van der Waals surface area contributed by atoms with Gasteiger partial charge < -0.3 is 14.8 Å². The van der Waals surface area contributed by atoms with Gasteiger partial charge in [0.25, 0.3) is 0 Å². The maximum atomic E-state index is 11.3. The van der Waals surface area contributed by atoms with Crippen LogP contribution in [0.3, 0.4) is 0 Å². The van der Waals surface area contributed by atoms with Crippen molar-refractivity contribution < 1.29 is 14.3 Å². The average Bonchev–Trinajstić information content (AvgIpc) is 2.10. The van der Waals surface area contributed by atoms with Crippen LogP contribution in [0.1, 0.15) is 20.3 Å². The Hall–Kier alpha value is -0.130. The van der Waals surface area contributed by atoms with Crippen molar-refractivity contribution >= 4 is 21.8 Å². The van der Waals surface area contributed by atoms with E-state index in [-0.39, 0.29) is 18.6 Å². The largest absolute Gasteiger partial charge is 0.382 e. The Labute approximate surface area is 99.8 Å². The van der Waals surface area contributed by atoms with E-state index in [9.17, 15) is 4.79 Å². The second kappa shape index (κ2) is 9.12. The van der Waals surface area contributed by atoms with Gasteiger partial charge in [-0.15, -0.1) is 0 Å². The first-order valence-electron chi connectivity index (χ1n) is 5.06. The van der Waals surface area contributed by atoms with Crippen LogP contribution in [0, 0.1) is 0 Å². The van der Waals surface area contributed by atoms with Crippen molar-refractivity contribution in [3.05, 3.63) is 0 Å². The Kier molecular flexibility index (Phi) is 9.04. The van der Waals surface area contributed by atoms with E-state index < -0.39 is 0 Å². The molecule has 1 amide bonds. The summed E-state index contributed by atoms with van der Waals surface area (Å²) < 4.78 is 9.89. The molecule has 0 bridgehead atoms. The number of hydrogen-bond acceptors (Lipinski definition) is 3. The molecule has 0 heterocycles. The average molecular weight is 282 g/mol. The molecule has 1 N–H and O–H groups in total. The van der Waals surface area contributed by atoms with Gasteiger partial charge in [0, 0.05) is 18.0 Å². The zero-order chi connectivity index (χ0) is 11.7. The van der Waals surface area contributed by atoms with Crippen LogP contribution >= 0.6 is 15.9 Å². The fourth-order valence-corrected chi connectivity index (χ4v) is 1.73. The Morgan fingerprint density at radius 3 is 2.60 bits per heavy atom. The molecule has 0 aliphatic heterocycles. The third-order valence-corrected chi connectivity index (χ3v) is 2.12. The van der Waals surface area contributed by atoms with Gasteiger partial charge >= 0.3 is 0 Å². The molecule has 0 aromatic heterocycles. The van der Waals surface area contributed by atoms with Crippen LogP contribution in [0.4, 0.5) is 0 Å². The fraction of sp³-hybridized carbons (Fsp3) is 0.900. The number of hydrogen-bond donors (Lipinski definition) is 1. The lowest BCUT2D eigenvalue weighted by molar-refractivity contribution is -0.126. The van der Waals surface area contributed by atoms with E-state index in [1.54, 1.807) is 7.11 Å². The van der Waals surface area contributed by atoms with Crippen LogP contribution in [-0.2, 0) is 14.3 Å². The number of amides is 1. The first kappa shape index (κ1) is 14.9. The SMILES string of the molecule is COCCOCC(=O)NC(C)CC(C)Br. The molecule has 0 saturated carbocycles. The molecule has 0 aliphatic rings. The molecule has 0 rings (SSSR count). The minimum absolute atomic E-state index is 0.0771. The smallest absolute Gasteiger partial charge is 0.246 e. The van der Waals surface area contributed by atoms with Crippen LogP contribution in [0.15, 0.2) is 0 Å². The lowest BCUT2D eigenvalue weighted by atomic mass is 10.2. The summed E-state index contributed by atoms with van der Waals surface area (Å²) in [5, 5.41) is 2.85. The lowest BCUT2D eigenvalue weighted by Gasteiger charge is -2.15. The molecule has 2 atom stereocenters. The summed E-state index contributed by atoms with van der Waals surface area (Å²) in [5.41, 5.74) is 0. The molecule has 0 saturated heterocycles. The topological polar surface area (TPSA) is 47.6 Å². The van der Waals surface area contributed by atoms with Crippen LogP contribution in [0.5, 0.6) is 0 Å². The fourth-order valence-electron chi connectivity index (χ4n) is 1.17. The van der Waals surface area contributed by atoms with Crippen molar-refractivity contribution in [2.45, 2.75) is 31.1 Å². The van der Waals surface area contributed by atoms with Crippen LogP contribution in [-0.4, -0.2) is 43.7 Å². The molecule has 4 nitrogen and oxygen atoms in total. The number of nitrogens with one attached hydrogen (secondary N) is 1. The molecule has 90 valence electrons. The van der Waals surface area contributed by atoms with Gasteiger partial charge in [-0.2, -0.15) is 0 Å². The zero-order valence-electron chi connectivity index (χ0n) is 9.59. The van der Waals surface area contributed by atoms with Gasteiger partial charge in [0.15, 0.2) is 0 Å². The van der Waals surface area contributed by atoms with E-state index in [1.807, 2.05) is 6.92 Å². The number of carbonyl (C=O) groups excluding carboxylic acids is 1. The zero-order valence-corrected chi connectivity index (χ0v) is 11.2. The van der Waals surface area contributed by atoms with Gasteiger partial charge in [0.2, 0.25) is 5.91 Å². The summed E-state index contributed by atoms with van der Waals surface area (Å²) in [5.74, 6) is -0.0771. The molecule has 0 aromatic carbocycles. The number of rotatable bonds is 8. The highest BCUT2D eigenvalue weighted by atomic mass is 79.9. The van der Waals surface area contributed by atoms with Crippen molar-refractivity contribution in [1.82, 2.24) is 5.32 Å². The standard InChI is InChI=1S/C10H20BrNO3/c1-8(11)6-9(2)12-10(13)7-15-5-4-14-3/h8-9H,4-7H2,1-3H3,(H,12,13). The van der Waals surface area contributed by atoms with Gasteiger partial charge in [0.05, 0.1) is 13.2 Å². The van der Waals surface area contributed by atoms with E-state index in [2.05, 4.69) is 28.2 Å². The number of carbonyl (C=O) groups is 1. The van der Waals surface area contributed by atoms with Crippen LogP contribution < -0.4 is 5.32 Å². The van der Waals surface area contributed by atoms with Crippen molar-refractivity contribution in [2.24, 2.45) is 0 Å². The maximum absolute atomic E-state index is 11.3. The lowest BCUT2D eigenvalue weighted by Crippen LogP contribution is -2.36. The number of alkyl halides is 1. The van der Waals surface area contributed by atoms with Crippen molar-refractivity contribution in [3.63, 3.8) is 0 Å². The Bertz CT molecular complexity index is 176. The normalized spacial score (nSPS) is 14.7. The van der Waals surface area contributed by atoms with E-state index in [0.29, 0.717) is 18.0 Å². The third-order valence-electron chi connectivity index (χ3n) is 1.75. The van der Waals surface area contributed by atoms with Gasteiger partial charge in [-0.25, -0.2) is 0 Å². The second-order valence-electron chi connectivity index (χ2n) is 3.53. The number of methoxy groups -OCH3 is 1. The molecule has 0 aliphatic carbocycles. The molecule has 15 heavy (non-hydrogen) atoms. The van der Waals surface area contributed by atoms with E-state index >= 15 is 0 Å². The van der Waals surface area contributed by atoms with Crippen LogP contribution in [0.25, 0.3) is 0 Å². The van der Waals surface area contributed by atoms with Crippen molar-refractivity contribution in [3.8, 4) is 0 Å². The minimum Gasteiger partial charge on any atom is -0.382 e. The summed E-state index contributed by atoms with van der Waals surface area (Å²) in [7, 11) is 1.60. The summed E-state index contributed by atoms with van der Waals surface area (Å²) in [4.78, 5) is 11.7. The Morgan fingerprint density at radius 1 is 1.40 bits per heavy atom. The quantitative estimate of drug-likeness (QED) is 0.539. The second-order valence-corrected chi connectivity index (χ2v) is 5.09. The minimum atomic E-state index is -0.0771. The van der Waals surface area contributed by atoms with E-state index in [4.69, 9.17) is 9.47 Å². The highest BCUT2D eigenvalue weighted by Crippen LogP contribution is 2.06. The summed E-state index contributed by atoms with van der Waals surface area (Å²) in [6.07, 6.45) is 0.907. The molecular weight excluding hydrogens is 262 g/mol. The molecule has 0 fully saturated rings. The highest BCUT2D eigenvalue weighted by Gasteiger charge is 2.09. The first-order chi connectivity index (χ1) is 7.06. The summed E-state index contributed by atoms with van der Waals surface area (Å²) >= 11 is 3.44. The van der Waals surface area contributed by atoms with Gasteiger partial charge in [-0.3, -0.25) is 4.79 Å². The highest BCUT2D eigenvalue weighted by molar-refractivity contribution is 9.09. The predicted molar refractivity (Wildman–Crippen MR) is 63.3 cm³/mol. The molecule has 0 spiro atoms. The maximum Gasteiger partial charge on any atom is 0.246 e. The number of ether oxygens (including phenoxy) is 2. The monoisotopic (exact) mass is 281 g/mol. The molecular formula is C10H20BrNO3.